The van der Waals surface area contributed by atoms with E-state index in [-0.39, 0.29) is 22.4 Å². The minimum Gasteiger partial charge on any atom is -0.504 e. The highest BCUT2D eigenvalue weighted by Gasteiger charge is 2.29. The number of nitrogens with zero attached hydrogens (tertiary/aromatic N) is 2. The highest BCUT2D eigenvalue weighted by Crippen LogP contribution is 2.39. The lowest BCUT2D eigenvalue weighted by atomic mass is 9.88. The van der Waals surface area contributed by atoms with E-state index in [1.165, 1.54) is 19.2 Å². The molecule has 0 radical (unpaired) electrons. The molecule has 1 aliphatic rings. The fourth-order valence-corrected chi connectivity index (χ4v) is 3.57. The van der Waals surface area contributed by atoms with Crippen LogP contribution in [0.1, 0.15) is 22.7 Å². The van der Waals surface area contributed by atoms with Gasteiger partial charge in [0.1, 0.15) is 0 Å². The number of benzene rings is 2. The molecule has 1 N–H and O–H groups in total. The van der Waals surface area contributed by atoms with E-state index in [0.717, 1.165) is 24.1 Å². The van der Waals surface area contributed by atoms with Crippen LogP contribution in [0.2, 0.25) is 5.02 Å². The quantitative estimate of drug-likeness (QED) is 0.662. The van der Waals surface area contributed by atoms with Crippen LogP contribution in [0, 0.1) is 10.1 Å². The normalized spacial score (nSPS) is 17.2. The number of hydrogen-bond acceptors (Lipinski definition) is 5. The third kappa shape index (κ3) is 3.41. The minimum absolute atomic E-state index is 0.0580. The van der Waals surface area contributed by atoms with Crippen LogP contribution < -0.4 is 4.74 Å². The molecule has 3 rings (SSSR count). The number of fused-ring (bicyclic) bond motifs is 1. The Morgan fingerprint density at radius 2 is 2.16 bits per heavy atom. The van der Waals surface area contributed by atoms with Crippen LogP contribution in [0.5, 0.6) is 11.5 Å². The predicted molar refractivity (Wildman–Crippen MR) is 95.5 cm³/mol. The zero-order valence-electron chi connectivity index (χ0n) is 14.0. The average molecular weight is 363 g/mol. The fraction of sp³-hybridized carbons (Fsp3) is 0.333. The van der Waals surface area contributed by atoms with Crippen molar-refractivity contribution in [2.45, 2.75) is 18.9 Å². The summed E-state index contributed by atoms with van der Waals surface area (Å²) in [5.41, 5.74) is 2.68. The van der Waals surface area contributed by atoms with Crippen LogP contribution in [0.15, 0.2) is 30.3 Å². The van der Waals surface area contributed by atoms with Crippen LogP contribution in [-0.4, -0.2) is 35.6 Å². The second-order valence-corrected chi connectivity index (χ2v) is 6.64. The van der Waals surface area contributed by atoms with E-state index in [1.807, 2.05) is 13.1 Å². The fourth-order valence-electron chi connectivity index (χ4n) is 3.38. The van der Waals surface area contributed by atoms with Crippen LogP contribution in [-0.2, 0) is 12.8 Å². The van der Waals surface area contributed by atoms with Gasteiger partial charge in [-0.1, -0.05) is 11.6 Å². The lowest BCUT2D eigenvalue weighted by Gasteiger charge is -2.35. The van der Waals surface area contributed by atoms with Crippen LogP contribution >= 0.6 is 11.6 Å². The number of phenols is 1. The van der Waals surface area contributed by atoms with E-state index in [4.69, 9.17) is 16.3 Å². The van der Waals surface area contributed by atoms with Gasteiger partial charge in [-0.2, -0.15) is 0 Å². The molecule has 6 nitrogen and oxygen atoms in total. The van der Waals surface area contributed by atoms with E-state index in [9.17, 15) is 15.2 Å². The summed E-state index contributed by atoms with van der Waals surface area (Å²) >= 11 is 6.05. The number of rotatable bonds is 4. The Morgan fingerprint density at radius 1 is 1.40 bits per heavy atom. The molecular weight excluding hydrogens is 344 g/mol. The number of aromatic hydroxyl groups is 1. The van der Waals surface area contributed by atoms with Crippen molar-refractivity contribution in [3.8, 4) is 11.5 Å². The molecule has 0 aromatic heterocycles. The van der Waals surface area contributed by atoms with Crippen molar-refractivity contribution in [2.75, 3.05) is 20.7 Å². The van der Waals surface area contributed by atoms with Gasteiger partial charge in [0.15, 0.2) is 11.5 Å². The smallest absolute Gasteiger partial charge is 0.272 e. The van der Waals surface area contributed by atoms with Gasteiger partial charge in [-0.05, 0) is 55.3 Å². The maximum absolute atomic E-state index is 11.3. The first-order chi connectivity index (χ1) is 11.9. The second-order valence-electron chi connectivity index (χ2n) is 6.20. The number of nitro benzene ring substituents is 1. The molecule has 0 saturated heterocycles. The molecule has 2 aromatic carbocycles. The molecule has 7 heteroatoms. The van der Waals surface area contributed by atoms with Gasteiger partial charge < -0.3 is 9.84 Å². The Labute approximate surface area is 150 Å². The molecule has 0 amide bonds. The molecule has 1 heterocycles. The zero-order valence-corrected chi connectivity index (χ0v) is 14.8. The van der Waals surface area contributed by atoms with E-state index in [1.54, 1.807) is 12.1 Å². The number of ether oxygens (including phenoxy) is 1. The molecule has 0 fully saturated rings. The average Bonchev–Trinajstić information content (AvgIpc) is 2.57. The molecule has 0 saturated carbocycles. The highest BCUT2D eigenvalue weighted by atomic mass is 35.5. The van der Waals surface area contributed by atoms with Gasteiger partial charge >= 0.3 is 0 Å². The lowest BCUT2D eigenvalue weighted by Crippen LogP contribution is -2.33. The lowest BCUT2D eigenvalue weighted by molar-refractivity contribution is -0.385. The summed E-state index contributed by atoms with van der Waals surface area (Å²) in [5.74, 6) is 0.512. The molecule has 132 valence electrons. The van der Waals surface area contributed by atoms with Gasteiger partial charge in [-0.25, -0.2) is 0 Å². The number of phenolic OH excluding ortho intramolecular Hbond substituents is 1. The van der Waals surface area contributed by atoms with E-state index < -0.39 is 0 Å². The maximum atomic E-state index is 11.3. The summed E-state index contributed by atoms with van der Waals surface area (Å²) in [7, 11) is 3.49. The van der Waals surface area contributed by atoms with Crippen molar-refractivity contribution in [1.82, 2.24) is 4.90 Å². The molecule has 1 unspecified atom stereocenters. The van der Waals surface area contributed by atoms with Crippen molar-refractivity contribution >= 4 is 17.3 Å². The molecule has 0 aliphatic carbocycles. The van der Waals surface area contributed by atoms with Crippen LogP contribution in [0.25, 0.3) is 0 Å². The third-order valence-corrected chi connectivity index (χ3v) is 4.95. The van der Waals surface area contributed by atoms with E-state index >= 15 is 0 Å². The molecule has 2 aromatic rings. The van der Waals surface area contributed by atoms with Gasteiger partial charge in [-0.15, -0.1) is 0 Å². The zero-order chi connectivity index (χ0) is 18.1. The number of likely N-dealkylation sites (N-methyl/N-ethyl adjacent to an activating group) is 1. The van der Waals surface area contributed by atoms with Gasteiger partial charge in [0.25, 0.3) is 5.69 Å². The predicted octanol–water partition coefficient (Wildman–Crippen LogP) is 3.73. The Balaban J connectivity index is 2.03. The molecular formula is C18H19ClN2O4. The topological polar surface area (TPSA) is 75.8 Å². The maximum Gasteiger partial charge on any atom is 0.272 e. The van der Waals surface area contributed by atoms with Gasteiger partial charge in [-0.3, -0.25) is 15.0 Å². The number of hydrogen-bond donors (Lipinski definition) is 1. The van der Waals surface area contributed by atoms with Crippen molar-refractivity contribution < 1.29 is 14.8 Å². The van der Waals surface area contributed by atoms with Crippen LogP contribution in [0.3, 0.4) is 0 Å². The summed E-state index contributed by atoms with van der Waals surface area (Å²) in [5, 5.41) is 22.0. The summed E-state index contributed by atoms with van der Waals surface area (Å²) in [6.45, 7) is 0.819. The Bertz CT molecular complexity index is 825. The number of halogens is 1. The summed E-state index contributed by atoms with van der Waals surface area (Å²) in [6, 6.07) is 8.07. The van der Waals surface area contributed by atoms with Crippen molar-refractivity contribution in [1.29, 1.82) is 0 Å². The number of methoxy groups -OCH3 is 1. The van der Waals surface area contributed by atoms with Gasteiger partial charge in [0, 0.05) is 29.2 Å². The van der Waals surface area contributed by atoms with Crippen LogP contribution in [0.4, 0.5) is 5.69 Å². The molecule has 0 bridgehead atoms. The largest absolute Gasteiger partial charge is 0.504 e. The van der Waals surface area contributed by atoms with Crippen molar-refractivity contribution in [3.63, 3.8) is 0 Å². The Kier molecular flexibility index (Phi) is 4.83. The van der Waals surface area contributed by atoms with Gasteiger partial charge in [0.05, 0.1) is 12.0 Å². The number of nitro groups is 1. The Hall–Kier alpha value is -2.31. The van der Waals surface area contributed by atoms with Crippen molar-refractivity contribution in [2.24, 2.45) is 0 Å². The second kappa shape index (κ2) is 6.90. The monoisotopic (exact) mass is 362 g/mol. The Morgan fingerprint density at radius 3 is 2.84 bits per heavy atom. The first kappa shape index (κ1) is 17.5. The van der Waals surface area contributed by atoms with E-state index in [0.29, 0.717) is 22.8 Å². The first-order valence-corrected chi connectivity index (χ1v) is 8.31. The van der Waals surface area contributed by atoms with E-state index in [2.05, 4.69) is 4.90 Å². The van der Waals surface area contributed by atoms with Gasteiger partial charge in [0.2, 0.25) is 0 Å². The summed E-state index contributed by atoms with van der Waals surface area (Å²) < 4.78 is 5.19. The molecule has 1 aliphatic heterocycles. The van der Waals surface area contributed by atoms with Crippen molar-refractivity contribution in [3.05, 3.63) is 62.2 Å². The molecule has 25 heavy (non-hydrogen) atoms. The SMILES string of the molecule is COc1cc2c(cc1O)C(Cc1cc(Cl)ccc1[N+](=O)[O-])N(C)CC2. The first-order valence-electron chi connectivity index (χ1n) is 7.93. The standard InChI is InChI=1S/C18H19ClN2O4/c1-20-6-5-11-9-18(25-2)17(22)10-14(11)16(20)8-12-7-13(19)3-4-15(12)21(23)24/h3-4,7,9-10,16,22H,5-6,8H2,1-2H3. The summed E-state index contributed by atoms with van der Waals surface area (Å²) in [6.07, 6.45) is 1.27. The summed E-state index contributed by atoms with van der Waals surface area (Å²) in [4.78, 5) is 13.1. The molecule has 1 atom stereocenters. The highest BCUT2D eigenvalue weighted by molar-refractivity contribution is 6.30. The minimum atomic E-state index is -0.388. The third-order valence-electron chi connectivity index (χ3n) is 4.72. The molecule has 0 spiro atoms.